The third kappa shape index (κ3) is 3.53. The SMILES string of the molecule is NC(=Nc1cc(-c2ccccc2C2CCCC2)nc2ccccc12)NC=O. The molecule has 1 aromatic heterocycles. The molecule has 3 aromatic rings. The lowest BCUT2D eigenvalue weighted by atomic mass is 9.91. The maximum Gasteiger partial charge on any atom is 0.213 e. The van der Waals surface area contributed by atoms with Gasteiger partial charge in [0.1, 0.15) is 0 Å². The summed E-state index contributed by atoms with van der Waals surface area (Å²) in [5.41, 5.74) is 10.7. The lowest BCUT2D eigenvalue weighted by Crippen LogP contribution is -2.29. The highest BCUT2D eigenvalue weighted by molar-refractivity contribution is 5.97. The Morgan fingerprint density at radius 1 is 1.11 bits per heavy atom. The fourth-order valence-corrected chi connectivity index (χ4v) is 3.93. The summed E-state index contributed by atoms with van der Waals surface area (Å²) >= 11 is 0. The second-order valence-corrected chi connectivity index (χ2v) is 6.87. The third-order valence-electron chi connectivity index (χ3n) is 5.17. The minimum absolute atomic E-state index is 0.0661. The van der Waals surface area contributed by atoms with E-state index < -0.39 is 0 Å². The van der Waals surface area contributed by atoms with Crippen LogP contribution in [0, 0.1) is 0 Å². The zero-order chi connectivity index (χ0) is 18.6. The molecule has 27 heavy (non-hydrogen) atoms. The summed E-state index contributed by atoms with van der Waals surface area (Å²) in [5, 5.41) is 3.30. The molecule has 5 heteroatoms. The number of aromatic nitrogens is 1. The molecular formula is C22H22N4O. The topological polar surface area (TPSA) is 80.4 Å². The predicted molar refractivity (Wildman–Crippen MR) is 109 cm³/mol. The molecule has 2 aromatic carbocycles. The van der Waals surface area contributed by atoms with Crippen LogP contribution in [0.25, 0.3) is 22.2 Å². The van der Waals surface area contributed by atoms with E-state index in [1.54, 1.807) is 0 Å². The summed E-state index contributed by atoms with van der Waals surface area (Å²) in [7, 11) is 0. The molecule has 3 N–H and O–H groups in total. The molecule has 136 valence electrons. The van der Waals surface area contributed by atoms with Crippen LogP contribution in [0.1, 0.15) is 37.2 Å². The monoisotopic (exact) mass is 358 g/mol. The number of carbonyl (C=O) groups is 1. The van der Waals surface area contributed by atoms with E-state index in [2.05, 4.69) is 34.6 Å². The first-order chi connectivity index (χ1) is 13.3. The minimum atomic E-state index is 0.0661. The second-order valence-electron chi connectivity index (χ2n) is 6.87. The van der Waals surface area contributed by atoms with Crippen LogP contribution >= 0.6 is 0 Å². The van der Waals surface area contributed by atoms with E-state index in [9.17, 15) is 4.79 Å². The van der Waals surface area contributed by atoms with Gasteiger partial charge in [-0.1, -0.05) is 55.3 Å². The van der Waals surface area contributed by atoms with Crippen molar-refractivity contribution in [2.75, 3.05) is 0 Å². The zero-order valence-corrected chi connectivity index (χ0v) is 15.1. The number of fused-ring (bicyclic) bond motifs is 1. The first-order valence-electron chi connectivity index (χ1n) is 9.29. The van der Waals surface area contributed by atoms with Gasteiger partial charge in [-0.3, -0.25) is 10.1 Å². The average molecular weight is 358 g/mol. The standard InChI is InChI=1S/C22H22N4O/c23-22(24-14-27)26-21-13-20(25-19-12-6-5-11-18(19)21)17-10-4-3-9-16(17)15-7-1-2-8-15/h3-6,9-15H,1-2,7-8H2,(H3,23,24,25,26,27). The number of benzene rings is 2. The Morgan fingerprint density at radius 3 is 2.67 bits per heavy atom. The number of hydrogen-bond donors (Lipinski definition) is 2. The number of aliphatic imine (C=N–C) groups is 1. The van der Waals surface area contributed by atoms with Gasteiger partial charge in [-0.05, 0) is 36.5 Å². The van der Waals surface area contributed by atoms with Crippen molar-refractivity contribution in [1.29, 1.82) is 0 Å². The van der Waals surface area contributed by atoms with Crippen molar-refractivity contribution in [1.82, 2.24) is 10.3 Å². The number of hydrogen-bond acceptors (Lipinski definition) is 3. The maximum atomic E-state index is 10.7. The van der Waals surface area contributed by atoms with Gasteiger partial charge in [-0.25, -0.2) is 9.98 Å². The highest BCUT2D eigenvalue weighted by Gasteiger charge is 2.21. The van der Waals surface area contributed by atoms with Crippen LogP contribution < -0.4 is 11.1 Å². The number of nitrogens with one attached hydrogen (secondary N) is 1. The van der Waals surface area contributed by atoms with Gasteiger partial charge in [0.25, 0.3) is 0 Å². The highest BCUT2D eigenvalue weighted by Crippen LogP contribution is 2.40. The highest BCUT2D eigenvalue weighted by atomic mass is 16.1. The van der Waals surface area contributed by atoms with E-state index >= 15 is 0 Å². The number of nitrogens with two attached hydrogens (primary N) is 1. The molecule has 0 saturated heterocycles. The van der Waals surface area contributed by atoms with Gasteiger partial charge in [-0.2, -0.15) is 0 Å². The Hall–Kier alpha value is -3.21. The summed E-state index contributed by atoms with van der Waals surface area (Å²) in [5.74, 6) is 0.652. The van der Waals surface area contributed by atoms with Crippen molar-refractivity contribution in [2.45, 2.75) is 31.6 Å². The summed E-state index contributed by atoms with van der Waals surface area (Å²) in [6, 6.07) is 18.3. The molecule has 0 spiro atoms. The van der Waals surface area contributed by atoms with E-state index in [0.717, 1.165) is 22.2 Å². The van der Waals surface area contributed by atoms with Crippen molar-refractivity contribution < 1.29 is 4.79 Å². The number of carbonyl (C=O) groups excluding carboxylic acids is 1. The number of nitrogens with zero attached hydrogens (tertiary/aromatic N) is 2. The van der Waals surface area contributed by atoms with Crippen molar-refractivity contribution in [3.63, 3.8) is 0 Å². The van der Waals surface area contributed by atoms with Crippen LogP contribution in [-0.2, 0) is 4.79 Å². The van der Waals surface area contributed by atoms with E-state index in [-0.39, 0.29) is 5.96 Å². The Morgan fingerprint density at radius 2 is 1.85 bits per heavy atom. The first kappa shape index (κ1) is 17.2. The minimum Gasteiger partial charge on any atom is -0.369 e. The Labute approximate surface area is 158 Å². The molecule has 1 amide bonds. The molecule has 1 aliphatic rings. The van der Waals surface area contributed by atoms with E-state index in [1.807, 2.05) is 30.3 Å². The number of para-hydroxylation sites is 1. The van der Waals surface area contributed by atoms with Gasteiger partial charge in [0, 0.05) is 10.9 Å². The van der Waals surface area contributed by atoms with Crippen molar-refractivity contribution >= 4 is 29.0 Å². The number of guanidine groups is 1. The number of rotatable bonds is 4. The average Bonchev–Trinajstić information content (AvgIpc) is 3.23. The summed E-state index contributed by atoms with van der Waals surface area (Å²) in [6.45, 7) is 0. The van der Waals surface area contributed by atoms with Gasteiger partial charge in [0.05, 0.1) is 16.9 Å². The maximum absolute atomic E-state index is 10.7. The van der Waals surface area contributed by atoms with Gasteiger partial charge in [-0.15, -0.1) is 0 Å². The third-order valence-corrected chi connectivity index (χ3v) is 5.17. The Balaban J connectivity index is 1.88. The molecule has 1 fully saturated rings. The molecule has 0 radical (unpaired) electrons. The van der Waals surface area contributed by atoms with Crippen molar-refractivity contribution in [2.24, 2.45) is 10.7 Å². The van der Waals surface area contributed by atoms with Gasteiger partial charge in [0.2, 0.25) is 6.41 Å². The first-order valence-corrected chi connectivity index (χ1v) is 9.29. The molecule has 1 heterocycles. The molecule has 4 rings (SSSR count). The van der Waals surface area contributed by atoms with Crippen molar-refractivity contribution in [3.8, 4) is 11.3 Å². The quantitative estimate of drug-likeness (QED) is 0.416. The smallest absolute Gasteiger partial charge is 0.213 e. The number of pyridine rings is 1. The van der Waals surface area contributed by atoms with Gasteiger partial charge in [0.15, 0.2) is 5.96 Å². The Bertz CT molecular complexity index is 1010. The van der Waals surface area contributed by atoms with Crippen LogP contribution in [0.4, 0.5) is 5.69 Å². The summed E-state index contributed by atoms with van der Waals surface area (Å²) < 4.78 is 0. The van der Waals surface area contributed by atoms with Crippen LogP contribution in [0.2, 0.25) is 0 Å². The fraction of sp³-hybridized carbons (Fsp3) is 0.227. The van der Waals surface area contributed by atoms with Crippen LogP contribution in [0.5, 0.6) is 0 Å². The molecule has 0 aliphatic heterocycles. The lowest BCUT2D eigenvalue weighted by molar-refractivity contribution is -0.108. The Kier molecular flexibility index (Phi) is 4.83. The molecule has 1 aliphatic carbocycles. The van der Waals surface area contributed by atoms with Gasteiger partial charge >= 0.3 is 0 Å². The normalized spacial score (nSPS) is 15.2. The predicted octanol–water partition coefficient (Wildman–Crippen LogP) is 4.25. The fourth-order valence-electron chi connectivity index (χ4n) is 3.93. The molecule has 0 bridgehead atoms. The van der Waals surface area contributed by atoms with E-state index in [0.29, 0.717) is 18.0 Å². The van der Waals surface area contributed by atoms with Crippen LogP contribution in [0.15, 0.2) is 59.6 Å². The lowest BCUT2D eigenvalue weighted by Gasteiger charge is -2.16. The van der Waals surface area contributed by atoms with E-state index in [1.165, 1.54) is 31.2 Å². The summed E-state index contributed by atoms with van der Waals surface area (Å²) in [6.07, 6.45) is 5.55. The van der Waals surface area contributed by atoms with Crippen molar-refractivity contribution in [3.05, 3.63) is 60.2 Å². The van der Waals surface area contributed by atoms with E-state index in [4.69, 9.17) is 10.7 Å². The van der Waals surface area contributed by atoms with Gasteiger partial charge < -0.3 is 5.73 Å². The molecule has 1 saturated carbocycles. The number of amides is 1. The van der Waals surface area contributed by atoms with Crippen LogP contribution in [-0.4, -0.2) is 17.4 Å². The second kappa shape index (κ2) is 7.58. The zero-order valence-electron chi connectivity index (χ0n) is 15.1. The summed E-state index contributed by atoms with van der Waals surface area (Å²) in [4.78, 5) is 20.0. The molecular weight excluding hydrogens is 336 g/mol. The van der Waals surface area contributed by atoms with Crippen LogP contribution in [0.3, 0.4) is 0 Å². The largest absolute Gasteiger partial charge is 0.369 e. The molecule has 0 atom stereocenters. The molecule has 5 nitrogen and oxygen atoms in total. The molecule has 0 unspecified atom stereocenters.